The molecule has 0 rings (SSSR count). The van der Waals surface area contributed by atoms with Crippen LogP contribution in [0.2, 0.25) is 0 Å². The molecular weight excluding hydrogens is 242 g/mol. The summed E-state index contributed by atoms with van der Waals surface area (Å²) in [5, 5.41) is 10.9. The Morgan fingerprint density at radius 3 is 2.28 bits per heavy atom. The summed E-state index contributed by atoms with van der Waals surface area (Å²) in [4.78, 5) is 33.7. The summed E-state index contributed by atoms with van der Waals surface area (Å²) < 4.78 is 9.46. The van der Waals surface area contributed by atoms with Crippen LogP contribution in [0.25, 0.3) is 0 Å². The normalized spacial score (nSPS) is 11.5. The number of esters is 2. The van der Waals surface area contributed by atoms with Gasteiger partial charge in [0.05, 0.1) is 13.2 Å². The molecule has 2 N–H and O–H groups in total. The van der Waals surface area contributed by atoms with E-state index in [4.69, 9.17) is 14.6 Å². The molecule has 0 aliphatic rings. The molecular formula is C11H19NO6. The van der Waals surface area contributed by atoms with E-state index in [1.807, 2.05) is 0 Å². The number of aliphatic hydroxyl groups excluding tert-OH is 1. The van der Waals surface area contributed by atoms with Gasteiger partial charge in [0.1, 0.15) is 12.6 Å². The minimum Gasteiger partial charge on any atom is -0.466 e. The van der Waals surface area contributed by atoms with Gasteiger partial charge < -0.3 is 19.9 Å². The van der Waals surface area contributed by atoms with Crippen LogP contribution in [-0.4, -0.2) is 48.8 Å². The Hall–Kier alpha value is -1.63. The number of carbonyl (C=O) groups is 3. The lowest BCUT2D eigenvalue weighted by molar-refractivity contribution is -0.149. The number of nitrogens with one attached hydrogen (secondary N) is 1. The van der Waals surface area contributed by atoms with E-state index in [1.54, 1.807) is 13.8 Å². The SMILES string of the molecule is CCOC(=O)CC[C@H](NC(=O)CO)C(=O)OCC. The van der Waals surface area contributed by atoms with E-state index in [0.717, 1.165) is 0 Å². The van der Waals surface area contributed by atoms with Crippen LogP contribution < -0.4 is 5.32 Å². The molecule has 0 spiro atoms. The van der Waals surface area contributed by atoms with Gasteiger partial charge in [-0.25, -0.2) is 4.79 Å². The van der Waals surface area contributed by atoms with Crippen LogP contribution >= 0.6 is 0 Å². The molecule has 0 aromatic rings. The van der Waals surface area contributed by atoms with Gasteiger partial charge in [0, 0.05) is 6.42 Å². The van der Waals surface area contributed by atoms with Gasteiger partial charge >= 0.3 is 11.9 Å². The number of amides is 1. The Kier molecular flexibility index (Phi) is 8.55. The number of aliphatic hydroxyl groups is 1. The van der Waals surface area contributed by atoms with Crippen LogP contribution in [0.3, 0.4) is 0 Å². The summed E-state index contributed by atoms with van der Waals surface area (Å²) in [6.45, 7) is 3.01. The predicted octanol–water partition coefficient (Wildman–Crippen LogP) is -0.630. The molecule has 7 heteroatoms. The van der Waals surface area contributed by atoms with Crippen molar-refractivity contribution in [1.29, 1.82) is 0 Å². The molecule has 18 heavy (non-hydrogen) atoms. The third kappa shape index (κ3) is 6.85. The molecule has 7 nitrogen and oxygen atoms in total. The van der Waals surface area contributed by atoms with Crippen molar-refractivity contribution in [2.24, 2.45) is 0 Å². The molecule has 104 valence electrons. The number of ether oxygens (including phenoxy) is 2. The number of hydrogen-bond donors (Lipinski definition) is 2. The third-order valence-electron chi connectivity index (χ3n) is 1.99. The van der Waals surface area contributed by atoms with Crippen LogP contribution in [0.1, 0.15) is 26.7 Å². The molecule has 0 saturated heterocycles. The quantitative estimate of drug-likeness (QED) is 0.564. The lowest BCUT2D eigenvalue weighted by Crippen LogP contribution is -2.43. The Morgan fingerprint density at radius 2 is 1.78 bits per heavy atom. The summed E-state index contributed by atoms with van der Waals surface area (Å²) in [6.07, 6.45) is 0.0619. The highest BCUT2D eigenvalue weighted by Gasteiger charge is 2.22. The molecule has 0 radical (unpaired) electrons. The Morgan fingerprint density at radius 1 is 1.17 bits per heavy atom. The molecule has 0 heterocycles. The van der Waals surface area contributed by atoms with Crippen molar-refractivity contribution in [3.05, 3.63) is 0 Å². The van der Waals surface area contributed by atoms with Crippen molar-refractivity contribution in [2.75, 3.05) is 19.8 Å². The van der Waals surface area contributed by atoms with E-state index >= 15 is 0 Å². The predicted molar refractivity (Wildman–Crippen MR) is 61.5 cm³/mol. The standard InChI is InChI=1S/C11H19NO6/c1-3-17-10(15)6-5-8(11(16)18-4-2)12-9(14)7-13/h8,13H,3-7H2,1-2H3,(H,12,14)/t8-/m0/s1. The molecule has 1 amide bonds. The highest BCUT2D eigenvalue weighted by Crippen LogP contribution is 2.02. The monoisotopic (exact) mass is 261 g/mol. The summed E-state index contributed by atoms with van der Waals surface area (Å²) >= 11 is 0. The minimum absolute atomic E-state index is 0.0109. The smallest absolute Gasteiger partial charge is 0.328 e. The van der Waals surface area contributed by atoms with Gasteiger partial charge in [-0.3, -0.25) is 9.59 Å². The fourth-order valence-electron chi connectivity index (χ4n) is 1.23. The zero-order valence-corrected chi connectivity index (χ0v) is 10.6. The maximum atomic E-state index is 11.5. The first-order valence-electron chi connectivity index (χ1n) is 5.77. The van der Waals surface area contributed by atoms with Crippen molar-refractivity contribution in [2.45, 2.75) is 32.7 Å². The highest BCUT2D eigenvalue weighted by atomic mass is 16.5. The van der Waals surface area contributed by atoms with Crippen LogP contribution in [0, 0.1) is 0 Å². The first-order valence-corrected chi connectivity index (χ1v) is 5.77. The second-order valence-electron chi connectivity index (χ2n) is 3.37. The van der Waals surface area contributed by atoms with Crippen molar-refractivity contribution in [3.8, 4) is 0 Å². The van der Waals surface area contributed by atoms with Gasteiger partial charge in [0.2, 0.25) is 5.91 Å². The van der Waals surface area contributed by atoms with E-state index in [2.05, 4.69) is 5.32 Å². The van der Waals surface area contributed by atoms with Crippen molar-refractivity contribution >= 4 is 17.8 Å². The van der Waals surface area contributed by atoms with Gasteiger partial charge in [-0.1, -0.05) is 0 Å². The van der Waals surface area contributed by atoms with Crippen molar-refractivity contribution in [3.63, 3.8) is 0 Å². The Bertz CT molecular complexity index is 291. The minimum atomic E-state index is -0.950. The van der Waals surface area contributed by atoms with Crippen LogP contribution in [-0.2, 0) is 23.9 Å². The maximum absolute atomic E-state index is 11.5. The second kappa shape index (κ2) is 9.41. The number of carbonyl (C=O) groups excluding carboxylic acids is 3. The van der Waals surface area contributed by atoms with E-state index in [1.165, 1.54) is 0 Å². The summed E-state index contributed by atoms with van der Waals surface area (Å²) in [6, 6.07) is -0.950. The molecule has 0 unspecified atom stereocenters. The Labute approximate surface area is 105 Å². The largest absolute Gasteiger partial charge is 0.466 e. The zero-order valence-electron chi connectivity index (χ0n) is 10.6. The number of hydrogen-bond acceptors (Lipinski definition) is 6. The van der Waals surface area contributed by atoms with E-state index < -0.39 is 30.5 Å². The van der Waals surface area contributed by atoms with Crippen LogP contribution in [0.15, 0.2) is 0 Å². The average Bonchev–Trinajstić information content (AvgIpc) is 2.34. The molecule has 1 atom stereocenters. The summed E-state index contributed by atoms with van der Waals surface area (Å²) in [5.74, 6) is -1.79. The highest BCUT2D eigenvalue weighted by molar-refractivity contribution is 5.85. The second-order valence-corrected chi connectivity index (χ2v) is 3.37. The lowest BCUT2D eigenvalue weighted by Gasteiger charge is -2.16. The molecule has 0 aliphatic carbocycles. The van der Waals surface area contributed by atoms with Gasteiger partial charge in [0.25, 0.3) is 0 Å². The topological polar surface area (TPSA) is 102 Å². The fraction of sp³-hybridized carbons (Fsp3) is 0.727. The molecule has 0 aliphatic heterocycles. The summed E-state index contributed by atoms with van der Waals surface area (Å²) in [5.41, 5.74) is 0. The molecule has 0 fully saturated rings. The molecule has 0 aromatic heterocycles. The van der Waals surface area contributed by atoms with E-state index in [9.17, 15) is 14.4 Å². The van der Waals surface area contributed by atoms with Crippen LogP contribution in [0.5, 0.6) is 0 Å². The summed E-state index contributed by atoms with van der Waals surface area (Å²) in [7, 11) is 0. The Balaban J connectivity index is 4.33. The average molecular weight is 261 g/mol. The van der Waals surface area contributed by atoms with Gasteiger partial charge in [-0.15, -0.1) is 0 Å². The van der Waals surface area contributed by atoms with Gasteiger partial charge in [-0.05, 0) is 20.3 Å². The van der Waals surface area contributed by atoms with E-state index in [0.29, 0.717) is 0 Å². The maximum Gasteiger partial charge on any atom is 0.328 e. The van der Waals surface area contributed by atoms with Crippen molar-refractivity contribution < 1.29 is 29.0 Å². The lowest BCUT2D eigenvalue weighted by atomic mass is 10.1. The van der Waals surface area contributed by atoms with Gasteiger partial charge in [0.15, 0.2) is 0 Å². The molecule has 0 bridgehead atoms. The molecule has 0 saturated carbocycles. The molecule has 0 aromatic carbocycles. The zero-order chi connectivity index (χ0) is 14.0. The van der Waals surface area contributed by atoms with Crippen LogP contribution in [0.4, 0.5) is 0 Å². The third-order valence-corrected chi connectivity index (χ3v) is 1.99. The van der Waals surface area contributed by atoms with Crippen molar-refractivity contribution in [1.82, 2.24) is 5.32 Å². The van der Waals surface area contributed by atoms with Gasteiger partial charge in [-0.2, -0.15) is 0 Å². The van der Waals surface area contributed by atoms with E-state index in [-0.39, 0.29) is 26.1 Å². The number of rotatable bonds is 8. The first-order chi connectivity index (χ1) is 8.54. The fourth-order valence-corrected chi connectivity index (χ4v) is 1.23. The first kappa shape index (κ1) is 16.4.